The van der Waals surface area contributed by atoms with Gasteiger partial charge in [-0.2, -0.15) is 0 Å². The van der Waals surface area contributed by atoms with Crippen LogP contribution in [0.1, 0.15) is 18.5 Å². The van der Waals surface area contributed by atoms with Crippen LogP contribution in [0.4, 0.5) is 0 Å². The molecule has 0 radical (unpaired) electrons. The molecule has 3 rings (SSSR count). The number of likely N-dealkylation sites (tertiary alicyclic amines) is 1. The fourth-order valence-corrected chi connectivity index (χ4v) is 2.83. The fraction of sp³-hybridized carbons (Fsp3) is 0.438. The molecule has 0 aliphatic carbocycles. The highest BCUT2D eigenvalue weighted by atomic mass is 16.2. The van der Waals surface area contributed by atoms with Gasteiger partial charge in [0.25, 0.3) is 0 Å². The minimum absolute atomic E-state index is 0.190. The fourth-order valence-electron chi connectivity index (χ4n) is 2.83. The molecule has 1 amide bonds. The molecule has 0 atom stereocenters. The van der Waals surface area contributed by atoms with Crippen LogP contribution in [0, 0.1) is 5.92 Å². The van der Waals surface area contributed by atoms with Crippen LogP contribution in [-0.4, -0.2) is 38.4 Å². The van der Waals surface area contributed by atoms with Gasteiger partial charge < -0.3 is 9.47 Å². The molecule has 0 saturated carbocycles. The number of aromatic nitrogens is 3. The van der Waals surface area contributed by atoms with E-state index >= 15 is 0 Å². The van der Waals surface area contributed by atoms with Crippen LogP contribution in [0.5, 0.6) is 0 Å². The third-order valence-corrected chi connectivity index (χ3v) is 4.05. The van der Waals surface area contributed by atoms with E-state index in [9.17, 15) is 4.79 Å². The number of nitrogens with zero attached hydrogens (tertiary/aromatic N) is 4. The number of rotatable bonds is 4. The quantitative estimate of drug-likeness (QED) is 0.859. The summed E-state index contributed by atoms with van der Waals surface area (Å²) < 4.78 is 2.12. The van der Waals surface area contributed by atoms with Gasteiger partial charge >= 0.3 is 0 Å². The van der Waals surface area contributed by atoms with E-state index in [2.05, 4.69) is 14.5 Å². The van der Waals surface area contributed by atoms with Crippen molar-refractivity contribution in [3.63, 3.8) is 0 Å². The van der Waals surface area contributed by atoms with Crippen LogP contribution in [0.3, 0.4) is 0 Å². The number of imidazole rings is 1. The Balaban J connectivity index is 1.48. The van der Waals surface area contributed by atoms with E-state index in [1.807, 2.05) is 41.8 Å². The zero-order valence-corrected chi connectivity index (χ0v) is 12.1. The minimum Gasteiger partial charge on any atom is -0.342 e. The molecular weight excluding hydrogens is 264 g/mol. The van der Waals surface area contributed by atoms with Gasteiger partial charge in [-0.25, -0.2) is 4.98 Å². The molecule has 5 nitrogen and oxygen atoms in total. The Labute approximate surface area is 124 Å². The zero-order chi connectivity index (χ0) is 14.5. The third kappa shape index (κ3) is 3.68. The first-order valence-corrected chi connectivity index (χ1v) is 7.44. The summed E-state index contributed by atoms with van der Waals surface area (Å²) in [7, 11) is 0. The normalized spacial score (nSPS) is 16.1. The van der Waals surface area contributed by atoms with Crippen LogP contribution in [0.15, 0.2) is 43.1 Å². The van der Waals surface area contributed by atoms with Crippen molar-refractivity contribution < 1.29 is 4.79 Å². The molecule has 1 aliphatic rings. The lowest BCUT2D eigenvalue weighted by Crippen LogP contribution is -2.40. The highest BCUT2D eigenvalue weighted by Crippen LogP contribution is 2.19. The number of carbonyl (C=O) groups excluding carboxylic acids is 1. The standard InChI is InChI=1S/C16H20N4O/c21-16(11-15-3-1-2-6-18-15)20-8-4-14(5-9-20)12-19-10-7-17-13-19/h1-3,6-7,10,13-14H,4-5,8-9,11-12H2. The van der Waals surface area contributed by atoms with Crippen LogP contribution >= 0.6 is 0 Å². The molecule has 0 aromatic carbocycles. The summed E-state index contributed by atoms with van der Waals surface area (Å²) in [6.45, 7) is 2.71. The summed E-state index contributed by atoms with van der Waals surface area (Å²) in [5, 5.41) is 0. The van der Waals surface area contributed by atoms with Gasteiger partial charge in [0.15, 0.2) is 0 Å². The molecule has 0 spiro atoms. The predicted molar refractivity (Wildman–Crippen MR) is 79.5 cm³/mol. The lowest BCUT2D eigenvalue weighted by Gasteiger charge is -2.32. The van der Waals surface area contributed by atoms with Crippen molar-refractivity contribution in [2.75, 3.05) is 13.1 Å². The van der Waals surface area contributed by atoms with E-state index in [1.165, 1.54) is 0 Å². The first-order chi connectivity index (χ1) is 10.3. The third-order valence-electron chi connectivity index (χ3n) is 4.05. The highest BCUT2D eigenvalue weighted by Gasteiger charge is 2.23. The first kappa shape index (κ1) is 13.8. The Kier molecular flexibility index (Phi) is 4.28. The molecule has 0 bridgehead atoms. The first-order valence-electron chi connectivity index (χ1n) is 7.44. The van der Waals surface area contributed by atoms with Crippen LogP contribution in [-0.2, 0) is 17.8 Å². The van der Waals surface area contributed by atoms with Crippen LogP contribution in [0.2, 0.25) is 0 Å². The molecule has 1 aliphatic heterocycles. The second-order valence-corrected chi connectivity index (χ2v) is 5.58. The average Bonchev–Trinajstić information content (AvgIpc) is 3.02. The second kappa shape index (κ2) is 6.52. The molecular formula is C16H20N4O. The van der Waals surface area contributed by atoms with Gasteiger partial charge in [-0.15, -0.1) is 0 Å². The number of hydrogen-bond acceptors (Lipinski definition) is 3. The molecule has 5 heteroatoms. The Hall–Kier alpha value is -2.17. The molecule has 1 fully saturated rings. The SMILES string of the molecule is O=C(Cc1ccccn1)N1CCC(Cn2ccnc2)CC1. The highest BCUT2D eigenvalue weighted by molar-refractivity contribution is 5.78. The summed E-state index contributed by atoms with van der Waals surface area (Å²) in [5.74, 6) is 0.827. The van der Waals surface area contributed by atoms with E-state index in [-0.39, 0.29) is 5.91 Å². The minimum atomic E-state index is 0.190. The van der Waals surface area contributed by atoms with Gasteiger partial charge in [-0.1, -0.05) is 6.07 Å². The van der Waals surface area contributed by atoms with Gasteiger partial charge in [-0.05, 0) is 30.9 Å². The maximum Gasteiger partial charge on any atom is 0.228 e. The van der Waals surface area contributed by atoms with Gasteiger partial charge in [0.1, 0.15) is 0 Å². The molecule has 0 N–H and O–H groups in total. The summed E-state index contributed by atoms with van der Waals surface area (Å²) in [6, 6.07) is 5.70. The van der Waals surface area contributed by atoms with Gasteiger partial charge in [0, 0.05) is 43.9 Å². The number of pyridine rings is 1. The van der Waals surface area contributed by atoms with Crippen molar-refractivity contribution in [3.8, 4) is 0 Å². The monoisotopic (exact) mass is 284 g/mol. The number of hydrogen-bond donors (Lipinski definition) is 0. The lowest BCUT2D eigenvalue weighted by molar-refractivity contribution is -0.131. The van der Waals surface area contributed by atoms with Crippen molar-refractivity contribution in [2.45, 2.75) is 25.8 Å². The maximum absolute atomic E-state index is 12.3. The molecule has 2 aromatic heterocycles. The van der Waals surface area contributed by atoms with Crippen LogP contribution in [0.25, 0.3) is 0 Å². The Morgan fingerprint density at radius 1 is 1.24 bits per heavy atom. The van der Waals surface area contributed by atoms with E-state index in [0.29, 0.717) is 12.3 Å². The van der Waals surface area contributed by atoms with Crippen molar-refractivity contribution in [1.29, 1.82) is 0 Å². The zero-order valence-electron chi connectivity index (χ0n) is 12.1. The second-order valence-electron chi connectivity index (χ2n) is 5.58. The molecule has 3 heterocycles. The number of carbonyl (C=O) groups is 1. The maximum atomic E-state index is 12.3. The van der Waals surface area contributed by atoms with E-state index in [0.717, 1.165) is 38.2 Å². The van der Waals surface area contributed by atoms with Gasteiger partial charge in [-0.3, -0.25) is 9.78 Å². The Morgan fingerprint density at radius 3 is 2.76 bits per heavy atom. The van der Waals surface area contributed by atoms with Crippen molar-refractivity contribution >= 4 is 5.91 Å². The Bertz CT molecular complexity index is 559. The van der Waals surface area contributed by atoms with E-state index < -0.39 is 0 Å². The molecule has 0 unspecified atom stereocenters. The molecule has 2 aromatic rings. The average molecular weight is 284 g/mol. The summed E-state index contributed by atoms with van der Waals surface area (Å²) in [5.41, 5.74) is 0.850. The van der Waals surface area contributed by atoms with E-state index in [4.69, 9.17) is 0 Å². The van der Waals surface area contributed by atoms with Crippen LogP contribution < -0.4 is 0 Å². The number of amides is 1. The molecule has 1 saturated heterocycles. The van der Waals surface area contributed by atoms with Crippen molar-refractivity contribution in [2.24, 2.45) is 5.92 Å². The largest absolute Gasteiger partial charge is 0.342 e. The summed E-state index contributed by atoms with van der Waals surface area (Å²) >= 11 is 0. The van der Waals surface area contributed by atoms with Crippen molar-refractivity contribution in [1.82, 2.24) is 19.4 Å². The predicted octanol–water partition coefficient (Wildman–Crippen LogP) is 1.76. The number of piperidine rings is 1. The van der Waals surface area contributed by atoms with Gasteiger partial charge in [0.2, 0.25) is 5.91 Å². The summed E-state index contributed by atoms with van der Waals surface area (Å²) in [4.78, 5) is 22.5. The lowest BCUT2D eigenvalue weighted by atomic mass is 9.96. The summed E-state index contributed by atoms with van der Waals surface area (Å²) in [6.07, 6.45) is 9.94. The van der Waals surface area contributed by atoms with Crippen molar-refractivity contribution in [3.05, 3.63) is 48.8 Å². The smallest absolute Gasteiger partial charge is 0.228 e. The topological polar surface area (TPSA) is 51.0 Å². The van der Waals surface area contributed by atoms with Gasteiger partial charge in [0.05, 0.1) is 12.7 Å². The molecule has 21 heavy (non-hydrogen) atoms. The Morgan fingerprint density at radius 2 is 2.10 bits per heavy atom. The van der Waals surface area contributed by atoms with E-state index in [1.54, 1.807) is 6.20 Å². The molecule has 110 valence electrons.